The quantitative estimate of drug-likeness (QED) is 0.753. The third-order valence-electron chi connectivity index (χ3n) is 3.03. The molecule has 108 valence electrons. The molecule has 1 heterocycles. The summed E-state index contributed by atoms with van der Waals surface area (Å²) in [6.07, 6.45) is 6.18. The fraction of sp³-hybridized carbons (Fsp3) is 0.400. The topological polar surface area (TPSA) is 39.1 Å². The molecule has 0 saturated heterocycles. The molecule has 0 bridgehead atoms. The van der Waals surface area contributed by atoms with Crippen LogP contribution in [0.2, 0.25) is 0 Å². The second-order valence-corrected chi connectivity index (χ2v) is 5.53. The number of hydrogen-bond acceptors (Lipinski definition) is 3. The Morgan fingerprint density at radius 1 is 1.25 bits per heavy atom. The average Bonchev–Trinajstić information content (AvgIpc) is 2.92. The summed E-state index contributed by atoms with van der Waals surface area (Å²) < 4.78 is 7.98. The highest BCUT2D eigenvalue weighted by molar-refractivity contribution is 9.10. The number of aryl methyl sites for hydroxylation is 1. The van der Waals surface area contributed by atoms with Crippen molar-refractivity contribution in [1.29, 1.82) is 0 Å². The highest BCUT2D eigenvalue weighted by Gasteiger charge is 2.01. The van der Waals surface area contributed by atoms with Crippen molar-refractivity contribution in [2.24, 2.45) is 0 Å². The summed E-state index contributed by atoms with van der Waals surface area (Å²) in [5.74, 6) is 0. The molecule has 1 aromatic carbocycles. The van der Waals surface area contributed by atoms with Crippen LogP contribution in [-0.2, 0) is 11.2 Å². The average molecular weight is 338 g/mol. The first-order valence-electron chi connectivity index (χ1n) is 6.79. The largest absolute Gasteiger partial charge is 0.383 e. The van der Waals surface area contributed by atoms with Crippen LogP contribution < -0.4 is 5.32 Å². The van der Waals surface area contributed by atoms with Gasteiger partial charge >= 0.3 is 0 Å². The third-order valence-corrected chi connectivity index (χ3v) is 3.56. The highest BCUT2D eigenvalue weighted by Crippen LogP contribution is 2.14. The molecule has 0 fully saturated rings. The van der Waals surface area contributed by atoms with E-state index in [1.165, 1.54) is 5.56 Å². The van der Waals surface area contributed by atoms with Crippen LogP contribution in [0.25, 0.3) is 5.69 Å². The van der Waals surface area contributed by atoms with Gasteiger partial charge in [-0.3, -0.25) is 0 Å². The summed E-state index contributed by atoms with van der Waals surface area (Å²) in [5.41, 5.74) is 2.35. The van der Waals surface area contributed by atoms with E-state index in [2.05, 4.69) is 32.5 Å². The van der Waals surface area contributed by atoms with Crippen molar-refractivity contribution in [3.8, 4) is 5.69 Å². The van der Waals surface area contributed by atoms with Crippen LogP contribution in [-0.4, -0.2) is 36.6 Å². The SMILES string of the molecule is COCCNCCCc1cnn(-c2ccc(Br)cc2)c1. The van der Waals surface area contributed by atoms with Crippen molar-refractivity contribution < 1.29 is 4.74 Å². The smallest absolute Gasteiger partial charge is 0.0646 e. The van der Waals surface area contributed by atoms with E-state index in [0.29, 0.717) is 0 Å². The Morgan fingerprint density at radius 3 is 2.80 bits per heavy atom. The number of halogens is 1. The number of hydrogen-bond donors (Lipinski definition) is 1. The Bertz CT molecular complexity index is 510. The van der Waals surface area contributed by atoms with E-state index in [1.54, 1.807) is 7.11 Å². The third kappa shape index (κ3) is 4.74. The van der Waals surface area contributed by atoms with Crippen molar-refractivity contribution in [3.05, 3.63) is 46.7 Å². The minimum atomic E-state index is 0.765. The van der Waals surface area contributed by atoms with Crippen LogP contribution in [0.1, 0.15) is 12.0 Å². The number of rotatable bonds is 8. The van der Waals surface area contributed by atoms with E-state index in [-0.39, 0.29) is 0 Å². The predicted octanol–water partition coefficient (Wildman–Crippen LogP) is 2.80. The first kappa shape index (κ1) is 15.2. The van der Waals surface area contributed by atoms with E-state index in [9.17, 15) is 0 Å². The van der Waals surface area contributed by atoms with Crippen molar-refractivity contribution in [2.45, 2.75) is 12.8 Å². The summed E-state index contributed by atoms with van der Waals surface area (Å²) in [7, 11) is 1.72. The minimum Gasteiger partial charge on any atom is -0.383 e. The number of benzene rings is 1. The molecule has 0 atom stereocenters. The molecule has 0 spiro atoms. The van der Waals surface area contributed by atoms with Crippen LogP contribution >= 0.6 is 15.9 Å². The normalized spacial score (nSPS) is 10.9. The van der Waals surface area contributed by atoms with E-state index in [1.807, 2.05) is 35.1 Å². The lowest BCUT2D eigenvalue weighted by atomic mass is 10.2. The monoisotopic (exact) mass is 337 g/mol. The fourth-order valence-electron chi connectivity index (χ4n) is 1.94. The molecule has 2 rings (SSSR count). The Hall–Kier alpha value is -1.17. The molecule has 0 aliphatic heterocycles. The minimum absolute atomic E-state index is 0.765. The molecule has 5 heteroatoms. The van der Waals surface area contributed by atoms with Gasteiger partial charge in [0, 0.05) is 24.3 Å². The zero-order chi connectivity index (χ0) is 14.2. The van der Waals surface area contributed by atoms with Gasteiger partial charge in [-0.2, -0.15) is 5.10 Å². The standard InChI is InChI=1S/C15H20BrN3O/c1-20-10-9-17-8-2-3-13-11-18-19(12-13)15-6-4-14(16)5-7-15/h4-7,11-12,17H,2-3,8-10H2,1H3. The molecular formula is C15H20BrN3O. The lowest BCUT2D eigenvalue weighted by Gasteiger charge is -2.03. The van der Waals surface area contributed by atoms with Gasteiger partial charge in [0.2, 0.25) is 0 Å². The summed E-state index contributed by atoms with van der Waals surface area (Å²) in [6.45, 7) is 2.68. The van der Waals surface area contributed by atoms with Gasteiger partial charge in [-0.15, -0.1) is 0 Å². The fourth-order valence-corrected chi connectivity index (χ4v) is 2.21. The van der Waals surface area contributed by atoms with Gasteiger partial charge in [0.1, 0.15) is 0 Å². The van der Waals surface area contributed by atoms with Crippen molar-refractivity contribution in [2.75, 3.05) is 26.8 Å². The molecule has 0 radical (unpaired) electrons. The second kappa shape index (κ2) is 8.19. The summed E-state index contributed by atoms with van der Waals surface area (Å²) in [4.78, 5) is 0. The Labute approximate surface area is 128 Å². The van der Waals surface area contributed by atoms with Crippen LogP contribution in [0, 0.1) is 0 Å². The maximum absolute atomic E-state index is 4.99. The number of methoxy groups -OCH3 is 1. The lowest BCUT2D eigenvalue weighted by molar-refractivity contribution is 0.199. The maximum Gasteiger partial charge on any atom is 0.0646 e. The Balaban J connectivity index is 1.79. The highest BCUT2D eigenvalue weighted by atomic mass is 79.9. The van der Waals surface area contributed by atoms with E-state index >= 15 is 0 Å². The molecule has 20 heavy (non-hydrogen) atoms. The maximum atomic E-state index is 4.99. The molecule has 0 aliphatic carbocycles. The zero-order valence-corrected chi connectivity index (χ0v) is 13.3. The molecular weight excluding hydrogens is 318 g/mol. The van der Waals surface area contributed by atoms with Gasteiger partial charge in [-0.1, -0.05) is 15.9 Å². The van der Waals surface area contributed by atoms with Gasteiger partial charge in [0.25, 0.3) is 0 Å². The van der Waals surface area contributed by atoms with Crippen LogP contribution in [0.15, 0.2) is 41.1 Å². The molecule has 4 nitrogen and oxygen atoms in total. The van der Waals surface area contributed by atoms with Gasteiger partial charge in [0.15, 0.2) is 0 Å². The van der Waals surface area contributed by atoms with Gasteiger partial charge in [-0.25, -0.2) is 4.68 Å². The first-order valence-corrected chi connectivity index (χ1v) is 7.58. The zero-order valence-electron chi connectivity index (χ0n) is 11.7. The number of ether oxygens (including phenoxy) is 1. The second-order valence-electron chi connectivity index (χ2n) is 4.62. The van der Waals surface area contributed by atoms with Crippen LogP contribution in [0.4, 0.5) is 0 Å². The van der Waals surface area contributed by atoms with E-state index < -0.39 is 0 Å². The van der Waals surface area contributed by atoms with Crippen LogP contribution in [0.5, 0.6) is 0 Å². The van der Waals surface area contributed by atoms with E-state index in [4.69, 9.17) is 4.74 Å². The first-order chi connectivity index (χ1) is 9.79. The summed E-state index contributed by atoms with van der Waals surface area (Å²) in [5, 5.41) is 7.75. The molecule has 1 N–H and O–H groups in total. The predicted molar refractivity (Wildman–Crippen MR) is 84.3 cm³/mol. The van der Waals surface area contributed by atoms with Gasteiger partial charge in [0.05, 0.1) is 18.5 Å². The molecule has 0 unspecified atom stereocenters. The molecule has 0 aliphatic rings. The van der Waals surface area contributed by atoms with E-state index in [0.717, 1.165) is 42.7 Å². The number of nitrogens with one attached hydrogen (secondary N) is 1. The van der Waals surface area contributed by atoms with Gasteiger partial charge < -0.3 is 10.1 Å². The van der Waals surface area contributed by atoms with Crippen molar-refractivity contribution in [3.63, 3.8) is 0 Å². The van der Waals surface area contributed by atoms with Crippen molar-refractivity contribution >= 4 is 15.9 Å². The molecule has 0 saturated carbocycles. The molecule has 0 amide bonds. The Kier molecular flexibility index (Phi) is 6.24. The van der Waals surface area contributed by atoms with Crippen molar-refractivity contribution in [1.82, 2.24) is 15.1 Å². The molecule has 1 aromatic heterocycles. The lowest BCUT2D eigenvalue weighted by Crippen LogP contribution is -2.20. The van der Waals surface area contributed by atoms with Crippen LogP contribution in [0.3, 0.4) is 0 Å². The summed E-state index contributed by atoms with van der Waals surface area (Å²) in [6, 6.07) is 8.15. The summed E-state index contributed by atoms with van der Waals surface area (Å²) >= 11 is 3.44. The van der Waals surface area contributed by atoms with Gasteiger partial charge in [-0.05, 0) is 49.2 Å². The molecule has 2 aromatic rings. The number of nitrogens with zero attached hydrogens (tertiary/aromatic N) is 2. The number of aromatic nitrogens is 2. The Morgan fingerprint density at radius 2 is 2.05 bits per heavy atom.